The summed E-state index contributed by atoms with van der Waals surface area (Å²) in [6, 6.07) is 11.5. The lowest BCUT2D eigenvalue weighted by molar-refractivity contribution is -0.120. The Morgan fingerprint density at radius 2 is 2.16 bits per heavy atom. The van der Waals surface area contributed by atoms with Gasteiger partial charge in [0.25, 0.3) is 5.56 Å². The van der Waals surface area contributed by atoms with Crippen molar-refractivity contribution in [3.05, 3.63) is 58.8 Å². The normalized spacial score (nSPS) is 12.4. The Morgan fingerprint density at radius 3 is 2.91 bits per heavy atom. The lowest BCUT2D eigenvalue weighted by atomic mass is 10.2. The van der Waals surface area contributed by atoms with Gasteiger partial charge < -0.3 is 14.5 Å². The highest BCUT2D eigenvalue weighted by Crippen LogP contribution is 2.33. The molecule has 1 unspecified atom stereocenters. The van der Waals surface area contributed by atoms with Crippen LogP contribution in [0.25, 0.3) is 20.3 Å². The van der Waals surface area contributed by atoms with E-state index in [1.807, 2.05) is 37.3 Å². The van der Waals surface area contributed by atoms with E-state index in [9.17, 15) is 9.59 Å². The van der Waals surface area contributed by atoms with Crippen LogP contribution in [0.2, 0.25) is 0 Å². The Bertz CT molecular complexity index is 1260. The van der Waals surface area contributed by atoms with Gasteiger partial charge >= 0.3 is 0 Å². The number of fused-ring (bicyclic) bond motifs is 3. The highest BCUT2D eigenvalue weighted by atomic mass is 32.2. The van der Waals surface area contributed by atoms with E-state index in [0.29, 0.717) is 53.7 Å². The lowest BCUT2D eigenvalue weighted by Gasteiger charge is -2.17. The molecule has 7 nitrogen and oxygen atoms in total. The molecule has 3 heterocycles. The number of carbonyl (C=O) groups is 1. The molecule has 0 fully saturated rings. The fourth-order valence-electron chi connectivity index (χ4n) is 3.46. The van der Waals surface area contributed by atoms with Gasteiger partial charge in [-0.2, -0.15) is 0 Å². The summed E-state index contributed by atoms with van der Waals surface area (Å²) >= 11 is 2.79. The SMILES string of the molecule is CCC(Sc1nc2c(sc3ccccc32)c(=O)n1CCCOC)C(=O)NCc1ccco1. The summed E-state index contributed by atoms with van der Waals surface area (Å²) < 4.78 is 13.8. The summed E-state index contributed by atoms with van der Waals surface area (Å²) in [5.41, 5.74) is 0.632. The highest BCUT2D eigenvalue weighted by molar-refractivity contribution is 8.00. The summed E-state index contributed by atoms with van der Waals surface area (Å²) in [6.45, 7) is 3.31. The maximum absolute atomic E-state index is 13.4. The van der Waals surface area contributed by atoms with E-state index < -0.39 is 0 Å². The minimum atomic E-state index is -0.382. The van der Waals surface area contributed by atoms with Gasteiger partial charge in [-0.05, 0) is 31.0 Å². The van der Waals surface area contributed by atoms with Crippen molar-refractivity contribution >= 4 is 49.3 Å². The number of thiophene rings is 1. The number of carbonyl (C=O) groups excluding carboxylic acids is 1. The number of ether oxygens (including phenoxy) is 1. The molecule has 0 saturated carbocycles. The predicted molar refractivity (Wildman–Crippen MR) is 128 cm³/mol. The summed E-state index contributed by atoms with van der Waals surface area (Å²) in [5, 5.41) is 4.06. The Labute approximate surface area is 193 Å². The summed E-state index contributed by atoms with van der Waals surface area (Å²) in [6.07, 6.45) is 2.87. The molecular weight excluding hydrogens is 446 g/mol. The molecular formula is C23H25N3O4S2. The Morgan fingerprint density at radius 1 is 1.31 bits per heavy atom. The van der Waals surface area contributed by atoms with Crippen LogP contribution in [0.3, 0.4) is 0 Å². The smallest absolute Gasteiger partial charge is 0.272 e. The van der Waals surface area contributed by atoms with Gasteiger partial charge in [0, 0.05) is 30.3 Å². The molecule has 0 saturated heterocycles. The van der Waals surface area contributed by atoms with Crippen LogP contribution in [-0.2, 0) is 22.6 Å². The first-order valence-corrected chi connectivity index (χ1v) is 12.2. The van der Waals surface area contributed by atoms with E-state index in [0.717, 1.165) is 10.1 Å². The molecule has 0 spiro atoms. The number of hydrogen-bond donors (Lipinski definition) is 1. The van der Waals surface area contributed by atoms with Gasteiger partial charge in [0.1, 0.15) is 10.5 Å². The number of amides is 1. The van der Waals surface area contributed by atoms with E-state index in [1.54, 1.807) is 24.0 Å². The van der Waals surface area contributed by atoms with Crippen LogP contribution in [0.15, 0.2) is 57.0 Å². The van der Waals surface area contributed by atoms with Crippen molar-refractivity contribution in [1.29, 1.82) is 0 Å². The number of rotatable bonds is 10. The largest absolute Gasteiger partial charge is 0.467 e. The van der Waals surface area contributed by atoms with Crippen molar-refractivity contribution < 1.29 is 13.9 Å². The number of nitrogens with zero attached hydrogens (tertiary/aromatic N) is 2. The highest BCUT2D eigenvalue weighted by Gasteiger charge is 2.23. The van der Waals surface area contributed by atoms with Crippen LogP contribution in [0.5, 0.6) is 0 Å². The van der Waals surface area contributed by atoms with Gasteiger partial charge in [0.2, 0.25) is 5.91 Å². The maximum atomic E-state index is 13.4. The van der Waals surface area contributed by atoms with Gasteiger partial charge in [-0.25, -0.2) is 4.98 Å². The molecule has 32 heavy (non-hydrogen) atoms. The fraction of sp³-hybridized carbons (Fsp3) is 0.348. The number of nitrogens with one attached hydrogen (secondary N) is 1. The van der Waals surface area contributed by atoms with Crippen molar-refractivity contribution in [1.82, 2.24) is 14.9 Å². The van der Waals surface area contributed by atoms with Gasteiger partial charge in [0.15, 0.2) is 5.16 Å². The third-order valence-electron chi connectivity index (χ3n) is 5.11. The second kappa shape index (κ2) is 10.3. The van der Waals surface area contributed by atoms with Crippen molar-refractivity contribution in [3.63, 3.8) is 0 Å². The molecule has 0 aliphatic heterocycles. The van der Waals surface area contributed by atoms with Crippen LogP contribution in [0.1, 0.15) is 25.5 Å². The van der Waals surface area contributed by atoms with Crippen LogP contribution in [-0.4, -0.2) is 34.4 Å². The fourth-order valence-corrected chi connectivity index (χ4v) is 5.61. The molecule has 1 aromatic carbocycles. The first-order chi connectivity index (χ1) is 15.6. The number of hydrogen-bond acceptors (Lipinski definition) is 7. The monoisotopic (exact) mass is 471 g/mol. The zero-order chi connectivity index (χ0) is 22.5. The van der Waals surface area contributed by atoms with Gasteiger partial charge in [-0.3, -0.25) is 14.2 Å². The second-order valence-electron chi connectivity index (χ2n) is 7.29. The van der Waals surface area contributed by atoms with Crippen LogP contribution < -0.4 is 10.9 Å². The number of methoxy groups -OCH3 is 1. The molecule has 1 amide bonds. The van der Waals surface area contributed by atoms with Gasteiger partial charge in [-0.15, -0.1) is 11.3 Å². The summed E-state index contributed by atoms with van der Waals surface area (Å²) in [7, 11) is 1.64. The third-order valence-corrected chi connectivity index (χ3v) is 7.61. The minimum absolute atomic E-state index is 0.0688. The molecule has 1 N–H and O–H groups in total. The second-order valence-corrected chi connectivity index (χ2v) is 9.51. The summed E-state index contributed by atoms with van der Waals surface area (Å²) in [4.78, 5) is 31.1. The van der Waals surface area contributed by atoms with E-state index in [-0.39, 0.29) is 16.7 Å². The molecule has 9 heteroatoms. The van der Waals surface area contributed by atoms with Crippen molar-refractivity contribution in [2.24, 2.45) is 0 Å². The van der Waals surface area contributed by atoms with E-state index in [1.165, 1.54) is 23.1 Å². The number of furan rings is 1. The molecule has 4 aromatic rings. The molecule has 168 valence electrons. The molecule has 3 aromatic heterocycles. The van der Waals surface area contributed by atoms with E-state index >= 15 is 0 Å². The molecule has 4 rings (SSSR count). The lowest BCUT2D eigenvalue weighted by Crippen LogP contribution is -2.33. The summed E-state index contributed by atoms with van der Waals surface area (Å²) in [5.74, 6) is 0.584. The third kappa shape index (κ3) is 4.74. The quantitative estimate of drug-likeness (QED) is 0.209. The van der Waals surface area contributed by atoms with Crippen LogP contribution in [0.4, 0.5) is 0 Å². The van der Waals surface area contributed by atoms with Crippen molar-refractivity contribution in [2.45, 2.75) is 43.3 Å². The Hall–Kier alpha value is -2.62. The topological polar surface area (TPSA) is 86.4 Å². The maximum Gasteiger partial charge on any atom is 0.272 e. The minimum Gasteiger partial charge on any atom is -0.467 e. The average Bonchev–Trinajstić information content (AvgIpc) is 3.46. The average molecular weight is 472 g/mol. The number of benzene rings is 1. The molecule has 0 bridgehead atoms. The van der Waals surface area contributed by atoms with Crippen molar-refractivity contribution in [2.75, 3.05) is 13.7 Å². The van der Waals surface area contributed by atoms with Gasteiger partial charge in [-0.1, -0.05) is 36.9 Å². The number of aromatic nitrogens is 2. The molecule has 0 radical (unpaired) electrons. The molecule has 0 aliphatic carbocycles. The molecule has 0 aliphatic rings. The standard InChI is InChI=1S/C23H25N3O4S2/c1-3-17(21(27)24-14-15-8-6-13-30-15)32-23-25-19-16-9-4-5-10-18(16)31-20(19)22(28)26(23)11-7-12-29-2/h4-6,8-10,13,17H,3,7,11-12,14H2,1-2H3,(H,24,27). The van der Waals surface area contributed by atoms with Crippen LogP contribution in [0, 0.1) is 0 Å². The van der Waals surface area contributed by atoms with Crippen LogP contribution >= 0.6 is 23.1 Å². The number of thioether (sulfide) groups is 1. The Kier molecular flexibility index (Phi) is 7.29. The zero-order valence-electron chi connectivity index (χ0n) is 18.0. The van der Waals surface area contributed by atoms with Crippen molar-refractivity contribution in [3.8, 4) is 0 Å². The van der Waals surface area contributed by atoms with Gasteiger partial charge in [0.05, 0.1) is 23.6 Å². The zero-order valence-corrected chi connectivity index (χ0v) is 19.6. The first-order valence-electron chi connectivity index (χ1n) is 10.5. The Balaban J connectivity index is 1.67. The molecule has 1 atom stereocenters. The van der Waals surface area contributed by atoms with E-state index in [4.69, 9.17) is 14.1 Å². The first kappa shape index (κ1) is 22.6. The predicted octanol–water partition coefficient (Wildman–Crippen LogP) is 4.43. The van der Waals surface area contributed by atoms with E-state index in [2.05, 4.69) is 5.32 Å².